The van der Waals surface area contributed by atoms with Crippen LogP contribution >= 0.6 is 0 Å². The zero-order chi connectivity index (χ0) is 13.3. The lowest BCUT2D eigenvalue weighted by Gasteiger charge is -2.40. The molecule has 0 radical (unpaired) electrons. The average molecular weight is 263 g/mol. The Labute approximate surface area is 113 Å². The number of aromatic nitrogens is 2. The van der Waals surface area contributed by atoms with Crippen molar-refractivity contribution in [3.63, 3.8) is 0 Å². The second-order valence-corrected chi connectivity index (χ2v) is 5.61. The molecule has 19 heavy (non-hydrogen) atoms. The van der Waals surface area contributed by atoms with Gasteiger partial charge in [-0.1, -0.05) is 0 Å². The highest BCUT2D eigenvalue weighted by Crippen LogP contribution is 2.36. The van der Waals surface area contributed by atoms with E-state index in [1.54, 1.807) is 7.11 Å². The fraction of sp³-hybridized carbons (Fsp3) is 0.714. The Hall–Kier alpha value is -1.20. The summed E-state index contributed by atoms with van der Waals surface area (Å²) in [6.07, 6.45) is 3.47. The summed E-state index contributed by atoms with van der Waals surface area (Å²) in [7, 11) is 1.76. The number of anilines is 1. The van der Waals surface area contributed by atoms with Crippen LogP contribution in [0.4, 0.5) is 5.82 Å². The van der Waals surface area contributed by atoms with Gasteiger partial charge >= 0.3 is 0 Å². The van der Waals surface area contributed by atoms with Crippen molar-refractivity contribution in [2.24, 2.45) is 0 Å². The Bertz CT molecular complexity index is 437. The maximum absolute atomic E-state index is 6.05. The van der Waals surface area contributed by atoms with Gasteiger partial charge in [0.25, 0.3) is 0 Å². The van der Waals surface area contributed by atoms with Gasteiger partial charge in [0, 0.05) is 26.6 Å². The highest BCUT2D eigenvalue weighted by Gasteiger charge is 2.43. The van der Waals surface area contributed by atoms with Crippen molar-refractivity contribution in [3.8, 4) is 0 Å². The van der Waals surface area contributed by atoms with Crippen LogP contribution in [0.3, 0.4) is 0 Å². The van der Waals surface area contributed by atoms with Crippen molar-refractivity contribution < 1.29 is 9.47 Å². The van der Waals surface area contributed by atoms with Gasteiger partial charge in [0.1, 0.15) is 0 Å². The normalized spacial score (nSPS) is 31.1. The average Bonchev–Trinajstić information content (AvgIpc) is 2.82. The molecule has 0 N–H and O–H groups in total. The van der Waals surface area contributed by atoms with E-state index in [-0.39, 0.29) is 11.7 Å². The van der Waals surface area contributed by atoms with Crippen LogP contribution in [0, 0.1) is 6.92 Å². The van der Waals surface area contributed by atoms with Crippen molar-refractivity contribution in [2.45, 2.75) is 37.9 Å². The van der Waals surface area contributed by atoms with Gasteiger partial charge in [-0.15, -0.1) is 5.10 Å². The summed E-state index contributed by atoms with van der Waals surface area (Å²) >= 11 is 0. The lowest BCUT2D eigenvalue weighted by molar-refractivity contribution is -0.0101. The van der Waals surface area contributed by atoms with E-state index >= 15 is 0 Å². The van der Waals surface area contributed by atoms with E-state index in [9.17, 15) is 0 Å². The molecular formula is C14H21N3O2. The number of rotatable bonds is 2. The summed E-state index contributed by atoms with van der Waals surface area (Å²) in [5.74, 6) is 0.953. The van der Waals surface area contributed by atoms with Crippen LogP contribution in [-0.2, 0) is 9.47 Å². The standard InChI is InChI=1S/C14H21N3O2/c1-11-4-5-13(16-15-11)17-7-3-6-14(10-17)8-12(18-2)9-19-14/h4-5,12H,3,6-10H2,1-2H3/t12-,14+/m1/s1. The number of methoxy groups -OCH3 is 1. The van der Waals surface area contributed by atoms with Crippen molar-refractivity contribution in [1.82, 2.24) is 10.2 Å². The fourth-order valence-corrected chi connectivity index (χ4v) is 3.09. The number of aryl methyl sites for hydroxylation is 1. The molecule has 5 heteroatoms. The van der Waals surface area contributed by atoms with E-state index in [0.29, 0.717) is 6.61 Å². The predicted molar refractivity (Wildman–Crippen MR) is 72.3 cm³/mol. The minimum absolute atomic E-state index is 0.0501. The van der Waals surface area contributed by atoms with Crippen LogP contribution in [0.25, 0.3) is 0 Å². The summed E-state index contributed by atoms with van der Waals surface area (Å²) < 4.78 is 11.5. The highest BCUT2D eigenvalue weighted by molar-refractivity contribution is 5.38. The van der Waals surface area contributed by atoms with E-state index in [4.69, 9.17) is 9.47 Å². The van der Waals surface area contributed by atoms with Crippen molar-refractivity contribution in [3.05, 3.63) is 17.8 Å². The monoisotopic (exact) mass is 263 g/mol. The molecule has 1 aromatic rings. The van der Waals surface area contributed by atoms with Gasteiger partial charge in [-0.25, -0.2) is 0 Å². The maximum Gasteiger partial charge on any atom is 0.151 e. The molecule has 0 aliphatic carbocycles. The Morgan fingerprint density at radius 1 is 1.42 bits per heavy atom. The van der Waals surface area contributed by atoms with Crippen molar-refractivity contribution >= 4 is 5.82 Å². The fourth-order valence-electron chi connectivity index (χ4n) is 3.09. The Kier molecular flexibility index (Phi) is 3.41. The van der Waals surface area contributed by atoms with Crippen LogP contribution in [0.2, 0.25) is 0 Å². The van der Waals surface area contributed by atoms with Crippen LogP contribution < -0.4 is 4.90 Å². The minimum atomic E-state index is -0.0501. The van der Waals surface area contributed by atoms with Gasteiger partial charge in [0.05, 0.1) is 24.0 Å². The molecule has 0 unspecified atom stereocenters. The highest BCUT2D eigenvalue weighted by atomic mass is 16.6. The SMILES string of the molecule is CO[C@H]1CO[C@@]2(CCCN(c3ccc(C)nn3)C2)C1. The zero-order valence-electron chi connectivity index (χ0n) is 11.6. The molecular weight excluding hydrogens is 242 g/mol. The lowest BCUT2D eigenvalue weighted by atomic mass is 9.89. The van der Waals surface area contributed by atoms with Crippen LogP contribution in [0.15, 0.2) is 12.1 Å². The third-order valence-corrected chi connectivity index (χ3v) is 4.16. The van der Waals surface area contributed by atoms with E-state index in [1.807, 2.05) is 19.1 Å². The quantitative estimate of drug-likeness (QED) is 0.810. The topological polar surface area (TPSA) is 47.5 Å². The summed E-state index contributed by atoms with van der Waals surface area (Å²) in [5, 5.41) is 8.43. The molecule has 5 nitrogen and oxygen atoms in total. The van der Waals surface area contributed by atoms with Crippen LogP contribution in [-0.4, -0.2) is 48.7 Å². The Morgan fingerprint density at radius 3 is 3.00 bits per heavy atom. The number of nitrogens with zero attached hydrogens (tertiary/aromatic N) is 3. The number of hydrogen-bond acceptors (Lipinski definition) is 5. The summed E-state index contributed by atoms with van der Waals surface area (Å²) in [4.78, 5) is 2.29. The van der Waals surface area contributed by atoms with Gasteiger partial charge in [-0.2, -0.15) is 5.10 Å². The molecule has 0 bridgehead atoms. The van der Waals surface area contributed by atoms with Crippen LogP contribution in [0.5, 0.6) is 0 Å². The van der Waals surface area contributed by atoms with Crippen molar-refractivity contribution in [1.29, 1.82) is 0 Å². The third-order valence-electron chi connectivity index (χ3n) is 4.16. The number of piperidine rings is 1. The molecule has 2 aliphatic heterocycles. The smallest absolute Gasteiger partial charge is 0.151 e. The van der Waals surface area contributed by atoms with E-state index in [1.165, 1.54) is 0 Å². The van der Waals surface area contributed by atoms with E-state index in [0.717, 1.165) is 43.9 Å². The molecule has 0 amide bonds. The molecule has 104 valence electrons. The molecule has 0 aromatic carbocycles. The summed E-state index contributed by atoms with van der Waals surface area (Å²) in [6, 6.07) is 4.06. The minimum Gasteiger partial charge on any atom is -0.379 e. The number of ether oxygens (including phenoxy) is 2. The Morgan fingerprint density at radius 2 is 2.32 bits per heavy atom. The Balaban J connectivity index is 1.73. The van der Waals surface area contributed by atoms with Gasteiger partial charge in [0.2, 0.25) is 0 Å². The molecule has 1 spiro atoms. The first-order chi connectivity index (χ1) is 9.21. The van der Waals surface area contributed by atoms with E-state index < -0.39 is 0 Å². The molecule has 3 rings (SSSR count). The molecule has 0 saturated carbocycles. The second kappa shape index (κ2) is 5.06. The van der Waals surface area contributed by atoms with Crippen molar-refractivity contribution in [2.75, 3.05) is 31.7 Å². The van der Waals surface area contributed by atoms with Gasteiger partial charge < -0.3 is 14.4 Å². The van der Waals surface area contributed by atoms with Crippen LogP contribution in [0.1, 0.15) is 25.0 Å². The second-order valence-electron chi connectivity index (χ2n) is 5.61. The number of hydrogen-bond donors (Lipinski definition) is 0. The zero-order valence-corrected chi connectivity index (χ0v) is 11.6. The first-order valence-corrected chi connectivity index (χ1v) is 6.93. The van der Waals surface area contributed by atoms with Gasteiger partial charge in [-0.05, 0) is 31.9 Å². The van der Waals surface area contributed by atoms with Gasteiger partial charge in [-0.3, -0.25) is 0 Å². The predicted octanol–water partition coefficient (Wildman–Crippen LogP) is 1.56. The molecule has 2 aliphatic rings. The lowest BCUT2D eigenvalue weighted by Crippen LogP contribution is -2.48. The molecule has 2 atom stereocenters. The summed E-state index contributed by atoms with van der Waals surface area (Å²) in [6.45, 7) is 4.59. The molecule has 1 aromatic heterocycles. The van der Waals surface area contributed by atoms with E-state index in [2.05, 4.69) is 15.1 Å². The third kappa shape index (κ3) is 2.58. The largest absolute Gasteiger partial charge is 0.379 e. The van der Waals surface area contributed by atoms with Gasteiger partial charge in [0.15, 0.2) is 5.82 Å². The molecule has 3 heterocycles. The first kappa shape index (κ1) is 12.8. The first-order valence-electron chi connectivity index (χ1n) is 6.93. The maximum atomic E-state index is 6.05. The molecule has 2 saturated heterocycles. The summed E-state index contributed by atoms with van der Waals surface area (Å²) in [5.41, 5.74) is 0.901. The molecule has 2 fully saturated rings.